The number of benzene rings is 1. The van der Waals surface area contributed by atoms with E-state index in [0.29, 0.717) is 5.13 Å². The van der Waals surface area contributed by atoms with Crippen LogP contribution in [0.4, 0.5) is 22.5 Å². The Labute approximate surface area is 170 Å². The van der Waals surface area contributed by atoms with Crippen LogP contribution in [0, 0.1) is 10.1 Å². The molecule has 2 aromatic heterocycles. The molecule has 0 saturated carbocycles. The first kappa shape index (κ1) is 19.2. The van der Waals surface area contributed by atoms with Gasteiger partial charge >= 0.3 is 5.69 Å². The van der Waals surface area contributed by atoms with E-state index in [1.165, 1.54) is 17.7 Å². The summed E-state index contributed by atoms with van der Waals surface area (Å²) in [7, 11) is 3.64. The van der Waals surface area contributed by atoms with Gasteiger partial charge in [0.25, 0.3) is 0 Å². The minimum Gasteiger partial charge on any atom is -0.497 e. The molecule has 0 spiro atoms. The standard InChI is InChI=1S/C17H20N8O3S/c1-23-5-7-24(8-6-23)22-16-14(25(26)27)15(18-10-19-16)21-17-20-12-4-3-11(28-2)9-13(12)29-17/h3-4,9-10H,5-8H2,1-2H3,(H2,18,19,20,21,22). The Hall–Kier alpha value is -3.09. The molecule has 1 saturated heterocycles. The summed E-state index contributed by atoms with van der Waals surface area (Å²) < 4.78 is 6.13. The number of likely N-dealkylation sites (N-methyl/N-ethyl adjacent to an activating group) is 1. The average molecular weight is 416 g/mol. The number of aromatic nitrogens is 3. The van der Waals surface area contributed by atoms with Gasteiger partial charge in [-0.1, -0.05) is 11.3 Å². The molecule has 0 unspecified atom stereocenters. The van der Waals surface area contributed by atoms with E-state index in [1.54, 1.807) is 7.11 Å². The van der Waals surface area contributed by atoms with E-state index in [0.717, 1.165) is 42.1 Å². The summed E-state index contributed by atoms with van der Waals surface area (Å²) in [5.74, 6) is 0.965. The van der Waals surface area contributed by atoms with Gasteiger partial charge < -0.3 is 15.0 Å². The number of fused-ring (bicyclic) bond motifs is 1. The lowest BCUT2D eigenvalue weighted by molar-refractivity contribution is -0.383. The SMILES string of the molecule is COc1ccc2nc(Nc3ncnc(NN4CCN(C)CC4)c3[N+](=O)[O-])sc2c1. The molecule has 1 fully saturated rings. The Morgan fingerprint density at radius 3 is 2.69 bits per heavy atom. The van der Waals surface area contributed by atoms with Gasteiger partial charge in [-0.15, -0.1) is 0 Å². The van der Waals surface area contributed by atoms with Crippen molar-refractivity contribution >= 4 is 44.0 Å². The summed E-state index contributed by atoms with van der Waals surface area (Å²) in [5, 5.41) is 17.2. The average Bonchev–Trinajstić information content (AvgIpc) is 3.11. The van der Waals surface area contributed by atoms with Gasteiger partial charge in [0.2, 0.25) is 11.6 Å². The molecular formula is C17H20N8O3S. The van der Waals surface area contributed by atoms with Crippen LogP contribution >= 0.6 is 11.3 Å². The lowest BCUT2D eigenvalue weighted by atomic mass is 10.3. The summed E-state index contributed by atoms with van der Waals surface area (Å²) in [6, 6.07) is 5.52. The van der Waals surface area contributed by atoms with Crippen molar-refractivity contribution in [3.63, 3.8) is 0 Å². The topological polar surface area (TPSA) is 122 Å². The van der Waals surface area contributed by atoms with Gasteiger partial charge in [0.1, 0.15) is 12.1 Å². The van der Waals surface area contributed by atoms with Crippen molar-refractivity contribution in [2.45, 2.75) is 0 Å². The number of nitrogens with zero attached hydrogens (tertiary/aromatic N) is 6. The molecule has 0 aliphatic carbocycles. The predicted octanol–water partition coefficient (Wildman–Crippen LogP) is 2.32. The number of ether oxygens (including phenoxy) is 1. The highest BCUT2D eigenvalue weighted by Crippen LogP contribution is 2.35. The highest BCUT2D eigenvalue weighted by molar-refractivity contribution is 7.22. The Balaban J connectivity index is 1.61. The zero-order valence-corrected chi connectivity index (χ0v) is 16.8. The van der Waals surface area contributed by atoms with Gasteiger partial charge in [-0.25, -0.2) is 20.0 Å². The third-order valence-corrected chi connectivity index (χ3v) is 5.53. The van der Waals surface area contributed by atoms with E-state index in [-0.39, 0.29) is 17.3 Å². The van der Waals surface area contributed by atoms with Crippen LogP contribution in [-0.2, 0) is 0 Å². The smallest absolute Gasteiger partial charge is 0.354 e. The van der Waals surface area contributed by atoms with E-state index in [2.05, 4.69) is 30.6 Å². The van der Waals surface area contributed by atoms with E-state index < -0.39 is 4.92 Å². The lowest BCUT2D eigenvalue weighted by Crippen LogP contribution is -2.47. The molecule has 12 heteroatoms. The second kappa shape index (κ2) is 8.11. The van der Waals surface area contributed by atoms with Crippen LogP contribution in [0.1, 0.15) is 0 Å². The number of piperazine rings is 1. The molecular weight excluding hydrogens is 396 g/mol. The first-order valence-corrected chi connectivity index (χ1v) is 9.76. The normalized spacial score (nSPS) is 15.4. The molecule has 1 aromatic carbocycles. The minimum absolute atomic E-state index is 0.0904. The molecule has 1 aliphatic rings. The zero-order chi connectivity index (χ0) is 20.4. The number of hydrogen-bond acceptors (Lipinski definition) is 11. The van der Waals surface area contributed by atoms with Gasteiger partial charge in [0.15, 0.2) is 5.13 Å². The van der Waals surface area contributed by atoms with Gasteiger partial charge in [-0.05, 0) is 25.2 Å². The molecule has 0 radical (unpaired) electrons. The third kappa shape index (κ3) is 4.18. The lowest BCUT2D eigenvalue weighted by Gasteiger charge is -2.32. The van der Waals surface area contributed by atoms with Crippen LogP contribution in [0.25, 0.3) is 10.2 Å². The minimum atomic E-state index is -0.489. The number of nitro groups is 1. The molecule has 29 heavy (non-hydrogen) atoms. The first-order valence-electron chi connectivity index (χ1n) is 8.94. The van der Waals surface area contributed by atoms with Crippen molar-refractivity contribution in [1.82, 2.24) is 24.9 Å². The summed E-state index contributed by atoms with van der Waals surface area (Å²) >= 11 is 1.36. The van der Waals surface area contributed by atoms with Crippen molar-refractivity contribution in [2.24, 2.45) is 0 Å². The summed E-state index contributed by atoms with van der Waals surface area (Å²) in [6.07, 6.45) is 1.30. The fraction of sp³-hybridized carbons (Fsp3) is 0.353. The fourth-order valence-electron chi connectivity index (χ4n) is 2.98. The fourth-order valence-corrected chi connectivity index (χ4v) is 3.87. The van der Waals surface area contributed by atoms with Crippen LogP contribution in [0.15, 0.2) is 24.5 Å². The maximum absolute atomic E-state index is 11.8. The number of hydrogen-bond donors (Lipinski definition) is 2. The van der Waals surface area contributed by atoms with E-state index in [4.69, 9.17) is 4.74 Å². The third-order valence-electron chi connectivity index (χ3n) is 4.59. The highest BCUT2D eigenvalue weighted by Gasteiger charge is 2.26. The van der Waals surface area contributed by atoms with Crippen LogP contribution < -0.4 is 15.5 Å². The van der Waals surface area contributed by atoms with E-state index in [1.807, 2.05) is 30.3 Å². The number of hydrazine groups is 1. The predicted molar refractivity (Wildman–Crippen MR) is 111 cm³/mol. The van der Waals surface area contributed by atoms with Gasteiger partial charge in [0, 0.05) is 26.2 Å². The zero-order valence-electron chi connectivity index (χ0n) is 16.0. The largest absolute Gasteiger partial charge is 0.497 e. The summed E-state index contributed by atoms with van der Waals surface area (Å²) in [5.41, 5.74) is 3.61. The number of methoxy groups -OCH3 is 1. The van der Waals surface area contributed by atoms with Crippen molar-refractivity contribution in [3.05, 3.63) is 34.6 Å². The molecule has 1 aliphatic heterocycles. The van der Waals surface area contributed by atoms with Crippen LogP contribution in [0.2, 0.25) is 0 Å². The maximum Gasteiger partial charge on any atom is 0.354 e. The Kier molecular flexibility index (Phi) is 5.38. The van der Waals surface area contributed by atoms with Crippen molar-refractivity contribution < 1.29 is 9.66 Å². The second-order valence-corrected chi connectivity index (χ2v) is 7.59. The number of rotatable bonds is 6. The highest BCUT2D eigenvalue weighted by atomic mass is 32.1. The summed E-state index contributed by atoms with van der Waals surface area (Å²) in [6.45, 7) is 3.21. The van der Waals surface area contributed by atoms with Gasteiger partial charge in [0.05, 0.1) is 22.2 Å². The Morgan fingerprint density at radius 2 is 1.97 bits per heavy atom. The Bertz CT molecular complexity index is 1030. The molecule has 11 nitrogen and oxygen atoms in total. The van der Waals surface area contributed by atoms with E-state index >= 15 is 0 Å². The maximum atomic E-state index is 11.8. The molecule has 3 heterocycles. The molecule has 4 rings (SSSR count). The monoisotopic (exact) mass is 416 g/mol. The molecule has 2 N–H and O–H groups in total. The van der Waals surface area contributed by atoms with Gasteiger partial charge in [-0.3, -0.25) is 15.5 Å². The van der Waals surface area contributed by atoms with Crippen molar-refractivity contribution in [2.75, 3.05) is 51.1 Å². The first-order chi connectivity index (χ1) is 14.0. The van der Waals surface area contributed by atoms with Gasteiger partial charge in [-0.2, -0.15) is 0 Å². The van der Waals surface area contributed by atoms with Crippen LogP contribution in [0.3, 0.4) is 0 Å². The quantitative estimate of drug-likeness (QED) is 0.457. The van der Waals surface area contributed by atoms with E-state index in [9.17, 15) is 10.1 Å². The van der Waals surface area contributed by atoms with Crippen molar-refractivity contribution in [1.29, 1.82) is 0 Å². The molecule has 0 atom stereocenters. The summed E-state index contributed by atoms with van der Waals surface area (Å²) in [4.78, 5) is 26.1. The number of anilines is 3. The molecule has 0 bridgehead atoms. The second-order valence-electron chi connectivity index (χ2n) is 6.56. The number of nitrogens with one attached hydrogen (secondary N) is 2. The van der Waals surface area contributed by atoms with Crippen LogP contribution in [0.5, 0.6) is 5.75 Å². The molecule has 152 valence electrons. The molecule has 0 amide bonds. The Morgan fingerprint density at radius 1 is 1.21 bits per heavy atom. The molecule has 3 aromatic rings. The van der Waals surface area contributed by atoms with Crippen molar-refractivity contribution in [3.8, 4) is 5.75 Å². The van der Waals surface area contributed by atoms with Crippen LogP contribution in [-0.4, -0.2) is 70.1 Å². The number of thiazole rings is 1.